The summed E-state index contributed by atoms with van der Waals surface area (Å²) in [6.07, 6.45) is 3.74. The van der Waals surface area contributed by atoms with Gasteiger partial charge >= 0.3 is 59.1 Å². The van der Waals surface area contributed by atoms with Crippen molar-refractivity contribution < 1.29 is 78.9 Å². The molecule has 0 aliphatic rings. The van der Waals surface area contributed by atoms with Gasteiger partial charge in [-0.05, 0) is 25.7 Å². The van der Waals surface area contributed by atoms with Gasteiger partial charge in [-0.1, -0.05) is 26.7 Å². The summed E-state index contributed by atoms with van der Waals surface area (Å²) in [6.45, 7) is 3.89. The molecule has 0 heterocycles. The summed E-state index contributed by atoms with van der Waals surface area (Å²) >= 11 is 0. The summed E-state index contributed by atoms with van der Waals surface area (Å²) in [4.78, 5) is 19.3. The Bertz CT molecular complexity index is 145. The van der Waals surface area contributed by atoms with Crippen LogP contribution in [0.5, 0.6) is 0 Å². The fourth-order valence-electron chi connectivity index (χ4n) is 0.642. The first kappa shape index (κ1) is 25.7. The number of unbranched alkanes of at least 4 members (excludes halogenated alkanes) is 2. The van der Waals surface area contributed by atoms with Crippen LogP contribution in [0.3, 0.4) is 0 Å². The van der Waals surface area contributed by atoms with Gasteiger partial charge in [-0.3, -0.25) is 0 Å². The van der Waals surface area contributed by atoms with Gasteiger partial charge in [-0.2, -0.15) is 0 Å². The molecule has 0 saturated carbocycles. The number of carboxylic acid groups (broad SMARTS) is 2. The molecule has 4 nitrogen and oxygen atoms in total. The smallest absolute Gasteiger partial charge is 0.550 e. The average molecular weight is 248 g/mol. The molecule has 6 heteroatoms. The van der Waals surface area contributed by atoms with E-state index in [4.69, 9.17) is 0 Å². The summed E-state index contributed by atoms with van der Waals surface area (Å²) in [5.74, 6) is -1.89. The van der Waals surface area contributed by atoms with Crippen molar-refractivity contribution in [2.75, 3.05) is 0 Å². The van der Waals surface area contributed by atoms with Crippen LogP contribution in [0.2, 0.25) is 0 Å². The SMILES string of the molecule is CCCCC(=O)[O-].CCCCC(=O)[O-].[Na+].[Na+]. The molecular formula is C10H18Na2O4. The summed E-state index contributed by atoms with van der Waals surface area (Å²) in [7, 11) is 0. The second kappa shape index (κ2) is 21.2. The maximum absolute atomic E-state index is 9.65. The Labute approximate surface area is 142 Å². The molecule has 0 radical (unpaired) electrons. The average Bonchev–Trinajstić information content (AvgIpc) is 2.12. The van der Waals surface area contributed by atoms with Gasteiger partial charge in [0.2, 0.25) is 0 Å². The largest absolute Gasteiger partial charge is 1.00 e. The van der Waals surface area contributed by atoms with Gasteiger partial charge in [0.1, 0.15) is 0 Å². The summed E-state index contributed by atoms with van der Waals surface area (Å²) in [5.41, 5.74) is 0. The van der Waals surface area contributed by atoms with Crippen LogP contribution in [0.1, 0.15) is 52.4 Å². The summed E-state index contributed by atoms with van der Waals surface area (Å²) in [5, 5.41) is 19.3. The first-order valence-electron chi connectivity index (χ1n) is 4.94. The number of aliphatic carboxylic acids is 2. The molecule has 0 fully saturated rings. The maximum atomic E-state index is 9.65. The van der Waals surface area contributed by atoms with Crippen LogP contribution < -0.4 is 69.3 Å². The number of carbonyl (C=O) groups excluding carboxylic acids is 2. The van der Waals surface area contributed by atoms with Crippen molar-refractivity contribution in [3.8, 4) is 0 Å². The van der Waals surface area contributed by atoms with Gasteiger partial charge in [0.25, 0.3) is 0 Å². The van der Waals surface area contributed by atoms with Crippen molar-refractivity contribution in [1.29, 1.82) is 0 Å². The van der Waals surface area contributed by atoms with Gasteiger partial charge in [-0.25, -0.2) is 0 Å². The fraction of sp³-hybridized carbons (Fsp3) is 0.800. The van der Waals surface area contributed by atoms with Crippen LogP contribution in [0.25, 0.3) is 0 Å². The normalized spacial score (nSPS) is 7.62. The Kier molecular flexibility index (Phi) is 34.1. The molecular weight excluding hydrogens is 230 g/mol. The van der Waals surface area contributed by atoms with Crippen LogP contribution >= 0.6 is 0 Å². The van der Waals surface area contributed by atoms with E-state index < -0.39 is 11.9 Å². The van der Waals surface area contributed by atoms with Gasteiger partial charge < -0.3 is 19.8 Å². The van der Waals surface area contributed by atoms with Gasteiger partial charge in [0, 0.05) is 11.9 Å². The van der Waals surface area contributed by atoms with Crippen LogP contribution in [0.15, 0.2) is 0 Å². The minimum Gasteiger partial charge on any atom is -0.550 e. The standard InChI is InChI=1S/2C5H10O2.2Na/c2*1-2-3-4-5(6)7;;/h2*2-4H2,1H3,(H,6,7);;/q;;2*+1/p-2. The third kappa shape index (κ3) is 36.3. The molecule has 0 bridgehead atoms. The topological polar surface area (TPSA) is 80.3 Å². The number of rotatable bonds is 6. The van der Waals surface area contributed by atoms with E-state index in [1.54, 1.807) is 0 Å². The van der Waals surface area contributed by atoms with Crippen molar-refractivity contribution in [2.24, 2.45) is 0 Å². The molecule has 0 aliphatic carbocycles. The number of hydrogen-bond acceptors (Lipinski definition) is 4. The molecule has 0 N–H and O–H groups in total. The van der Waals surface area contributed by atoms with Gasteiger partial charge in [0.15, 0.2) is 0 Å². The Morgan fingerprint density at radius 2 is 1.06 bits per heavy atom. The van der Waals surface area contributed by atoms with Crippen molar-refractivity contribution in [2.45, 2.75) is 52.4 Å². The fourth-order valence-corrected chi connectivity index (χ4v) is 0.642. The van der Waals surface area contributed by atoms with Crippen molar-refractivity contribution in [3.63, 3.8) is 0 Å². The molecule has 0 aromatic rings. The van der Waals surface area contributed by atoms with Crippen LogP contribution in [0.4, 0.5) is 0 Å². The van der Waals surface area contributed by atoms with E-state index in [-0.39, 0.29) is 72.0 Å². The zero-order chi connectivity index (χ0) is 11.4. The molecule has 0 saturated heterocycles. The molecule has 84 valence electrons. The van der Waals surface area contributed by atoms with E-state index in [1.807, 2.05) is 13.8 Å². The van der Waals surface area contributed by atoms with Crippen LogP contribution in [-0.2, 0) is 9.59 Å². The van der Waals surface area contributed by atoms with Crippen LogP contribution in [0, 0.1) is 0 Å². The Morgan fingerprint density at radius 1 is 0.812 bits per heavy atom. The third-order valence-electron chi connectivity index (χ3n) is 1.47. The van der Waals surface area contributed by atoms with Crippen molar-refractivity contribution in [1.82, 2.24) is 0 Å². The zero-order valence-corrected chi connectivity index (χ0v) is 14.9. The van der Waals surface area contributed by atoms with E-state index in [0.29, 0.717) is 0 Å². The second-order valence-electron chi connectivity index (χ2n) is 2.95. The summed E-state index contributed by atoms with van der Waals surface area (Å²) < 4.78 is 0. The molecule has 0 aromatic carbocycles. The molecule has 0 atom stereocenters. The predicted octanol–water partition coefficient (Wildman–Crippen LogP) is -6.14. The molecule has 0 unspecified atom stereocenters. The number of hydrogen-bond donors (Lipinski definition) is 0. The zero-order valence-electron chi connectivity index (χ0n) is 10.9. The van der Waals surface area contributed by atoms with Gasteiger partial charge in [-0.15, -0.1) is 0 Å². The van der Waals surface area contributed by atoms with Gasteiger partial charge in [0.05, 0.1) is 0 Å². The number of carbonyl (C=O) groups is 2. The maximum Gasteiger partial charge on any atom is 1.00 e. The quantitative estimate of drug-likeness (QED) is 0.438. The van der Waals surface area contributed by atoms with E-state index in [0.717, 1.165) is 25.7 Å². The monoisotopic (exact) mass is 248 g/mol. The van der Waals surface area contributed by atoms with E-state index in [2.05, 4.69) is 0 Å². The second-order valence-corrected chi connectivity index (χ2v) is 2.95. The minimum atomic E-state index is -0.943. The van der Waals surface area contributed by atoms with Crippen LogP contribution in [-0.4, -0.2) is 11.9 Å². The molecule has 0 spiro atoms. The molecule has 0 aliphatic heterocycles. The summed E-state index contributed by atoms with van der Waals surface area (Å²) in [6, 6.07) is 0. The van der Waals surface area contributed by atoms with Crippen molar-refractivity contribution >= 4 is 11.9 Å². The van der Waals surface area contributed by atoms with Crippen molar-refractivity contribution in [3.05, 3.63) is 0 Å². The van der Waals surface area contributed by atoms with E-state index >= 15 is 0 Å². The third-order valence-corrected chi connectivity index (χ3v) is 1.47. The first-order chi connectivity index (χ1) is 6.54. The Balaban J connectivity index is -0.0000000800. The van der Waals surface area contributed by atoms with E-state index in [1.165, 1.54) is 0 Å². The molecule has 0 aromatic heterocycles. The molecule has 0 rings (SSSR count). The molecule has 16 heavy (non-hydrogen) atoms. The molecule has 0 amide bonds. The Hall–Kier alpha value is 0.940. The number of carboxylic acids is 2. The Morgan fingerprint density at radius 3 is 1.12 bits per heavy atom. The minimum absolute atomic E-state index is 0. The predicted molar refractivity (Wildman–Crippen MR) is 49.1 cm³/mol. The first-order valence-corrected chi connectivity index (χ1v) is 4.94. The van der Waals surface area contributed by atoms with E-state index in [9.17, 15) is 19.8 Å².